The summed E-state index contributed by atoms with van der Waals surface area (Å²) in [4.78, 5) is 0. The van der Waals surface area contributed by atoms with E-state index in [1.165, 1.54) is 0 Å². The van der Waals surface area contributed by atoms with E-state index in [2.05, 4.69) is 0 Å². The summed E-state index contributed by atoms with van der Waals surface area (Å²) in [5, 5.41) is 9.37. The molecule has 1 atom stereocenters. The molecule has 0 aliphatic rings. The van der Waals surface area contributed by atoms with Crippen molar-refractivity contribution in [2.24, 2.45) is 0 Å². The minimum absolute atomic E-state index is 0.298. The average molecular weight is 235 g/mol. The highest BCUT2D eigenvalue weighted by atomic mass is 35.7. The van der Waals surface area contributed by atoms with E-state index in [0.29, 0.717) is 6.42 Å². The highest BCUT2D eigenvalue weighted by molar-refractivity contribution is 8.13. The molecule has 0 spiro atoms. The second kappa shape index (κ2) is 4.77. The fourth-order valence-corrected chi connectivity index (χ4v) is 2.19. The summed E-state index contributed by atoms with van der Waals surface area (Å²) in [7, 11) is 1.39. The first kappa shape index (κ1) is 11.5. The number of halogens is 1. The van der Waals surface area contributed by atoms with Gasteiger partial charge in [-0.15, -0.1) is 0 Å². The SMILES string of the molecule is O=S(=O)(Cl)CC(O)Cc1ccccc1. The van der Waals surface area contributed by atoms with Crippen molar-refractivity contribution in [3.63, 3.8) is 0 Å². The van der Waals surface area contributed by atoms with Crippen LogP contribution < -0.4 is 0 Å². The molecule has 1 aromatic rings. The number of benzene rings is 1. The Bertz CT molecular complexity index is 374. The lowest BCUT2D eigenvalue weighted by Crippen LogP contribution is -2.19. The minimum atomic E-state index is -3.62. The van der Waals surface area contributed by atoms with Crippen LogP contribution in [-0.2, 0) is 15.5 Å². The van der Waals surface area contributed by atoms with Gasteiger partial charge in [-0.25, -0.2) is 8.42 Å². The molecule has 3 nitrogen and oxygen atoms in total. The standard InChI is InChI=1S/C9H11ClO3S/c10-14(12,13)7-9(11)6-8-4-2-1-3-5-8/h1-5,9,11H,6-7H2. The van der Waals surface area contributed by atoms with Crippen molar-refractivity contribution in [1.29, 1.82) is 0 Å². The van der Waals surface area contributed by atoms with Gasteiger partial charge in [-0.05, 0) is 12.0 Å². The number of hydrogen-bond donors (Lipinski definition) is 1. The van der Waals surface area contributed by atoms with Crippen LogP contribution in [0.4, 0.5) is 0 Å². The summed E-state index contributed by atoms with van der Waals surface area (Å²) in [6.45, 7) is 0. The van der Waals surface area contributed by atoms with E-state index >= 15 is 0 Å². The highest BCUT2D eigenvalue weighted by Gasteiger charge is 2.14. The molecule has 1 N–H and O–H groups in total. The van der Waals surface area contributed by atoms with Gasteiger partial charge in [0.05, 0.1) is 11.9 Å². The van der Waals surface area contributed by atoms with Gasteiger partial charge in [0, 0.05) is 10.7 Å². The van der Waals surface area contributed by atoms with Gasteiger partial charge in [0.25, 0.3) is 0 Å². The minimum Gasteiger partial charge on any atom is -0.392 e. The molecular weight excluding hydrogens is 224 g/mol. The number of aliphatic hydroxyl groups excluding tert-OH is 1. The fraction of sp³-hybridized carbons (Fsp3) is 0.333. The largest absolute Gasteiger partial charge is 0.392 e. The number of rotatable bonds is 4. The van der Waals surface area contributed by atoms with Gasteiger partial charge in [0.1, 0.15) is 0 Å². The summed E-state index contributed by atoms with van der Waals surface area (Å²) in [5.41, 5.74) is 0.889. The lowest BCUT2D eigenvalue weighted by atomic mass is 10.1. The molecule has 0 bridgehead atoms. The molecule has 1 unspecified atom stereocenters. The zero-order valence-electron chi connectivity index (χ0n) is 7.43. The maximum Gasteiger partial charge on any atom is 0.235 e. The van der Waals surface area contributed by atoms with Gasteiger partial charge in [-0.3, -0.25) is 0 Å². The Morgan fingerprint density at radius 1 is 1.29 bits per heavy atom. The monoisotopic (exact) mass is 234 g/mol. The molecule has 1 aromatic carbocycles. The van der Waals surface area contributed by atoms with Crippen molar-refractivity contribution >= 4 is 19.7 Å². The zero-order chi connectivity index (χ0) is 10.6. The van der Waals surface area contributed by atoms with E-state index in [0.717, 1.165) is 5.56 Å². The molecule has 0 heterocycles. The lowest BCUT2D eigenvalue weighted by molar-refractivity contribution is 0.198. The quantitative estimate of drug-likeness (QED) is 0.796. The van der Waals surface area contributed by atoms with Crippen LogP contribution in [0.1, 0.15) is 5.56 Å². The number of aliphatic hydroxyl groups is 1. The van der Waals surface area contributed by atoms with Crippen molar-refractivity contribution < 1.29 is 13.5 Å². The Balaban J connectivity index is 2.54. The molecule has 0 saturated carbocycles. The van der Waals surface area contributed by atoms with Crippen LogP contribution >= 0.6 is 10.7 Å². The molecule has 0 aliphatic carbocycles. The van der Waals surface area contributed by atoms with Gasteiger partial charge in [-0.1, -0.05) is 30.3 Å². The van der Waals surface area contributed by atoms with Crippen molar-refractivity contribution in [3.05, 3.63) is 35.9 Å². The molecule has 14 heavy (non-hydrogen) atoms. The smallest absolute Gasteiger partial charge is 0.235 e. The van der Waals surface area contributed by atoms with Gasteiger partial charge in [0.2, 0.25) is 9.05 Å². The summed E-state index contributed by atoms with van der Waals surface area (Å²) < 4.78 is 21.3. The Morgan fingerprint density at radius 3 is 2.36 bits per heavy atom. The molecule has 0 aromatic heterocycles. The van der Waals surface area contributed by atoms with E-state index in [9.17, 15) is 13.5 Å². The van der Waals surface area contributed by atoms with Crippen molar-refractivity contribution in [2.45, 2.75) is 12.5 Å². The second-order valence-electron chi connectivity index (χ2n) is 3.05. The third-order valence-corrected chi connectivity index (χ3v) is 2.87. The Labute approximate surface area is 87.8 Å². The molecule has 0 amide bonds. The first-order chi connectivity index (χ1) is 6.47. The third-order valence-electron chi connectivity index (χ3n) is 1.71. The van der Waals surface area contributed by atoms with E-state index in [1.807, 2.05) is 30.3 Å². The van der Waals surface area contributed by atoms with Crippen molar-refractivity contribution in [1.82, 2.24) is 0 Å². The zero-order valence-corrected chi connectivity index (χ0v) is 9.00. The van der Waals surface area contributed by atoms with E-state index in [-0.39, 0.29) is 0 Å². The fourth-order valence-electron chi connectivity index (χ4n) is 1.17. The molecule has 5 heteroatoms. The van der Waals surface area contributed by atoms with Crippen LogP contribution in [0.25, 0.3) is 0 Å². The van der Waals surface area contributed by atoms with Crippen LogP contribution in [0, 0.1) is 0 Å². The van der Waals surface area contributed by atoms with Crippen LogP contribution in [0.3, 0.4) is 0 Å². The molecule has 1 rings (SSSR count). The van der Waals surface area contributed by atoms with E-state index in [1.54, 1.807) is 0 Å². The predicted octanol–water partition coefficient (Wildman–Crippen LogP) is 1.16. The van der Waals surface area contributed by atoms with Crippen LogP contribution in [-0.4, -0.2) is 25.4 Å². The van der Waals surface area contributed by atoms with Crippen molar-refractivity contribution in [2.75, 3.05) is 5.75 Å². The van der Waals surface area contributed by atoms with Crippen LogP contribution in [0.15, 0.2) is 30.3 Å². The average Bonchev–Trinajstić information content (AvgIpc) is 2.02. The Kier molecular flexibility index (Phi) is 3.92. The highest BCUT2D eigenvalue weighted by Crippen LogP contribution is 2.07. The Hall–Kier alpha value is -0.580. The maximum atomic E-state index is 10.6. The van der Waals surface area contributed by atoms with Gasteiger partial charge >= 0.3 is 0 Å². The first-order valence-electron chi connectivity index (χ1n) is 4.12. The van der Waals surface area contributed by atoms with Gasteiger partial charge < -0.3 is 5.11 Å². The maximum absolute atomic E-state index is 10.6. The summed E-state index contributed by atoms with van der Waals surface area (Å²) in [6, 6.07) is 9.16. The van der Waals surface area contributed by atoms with E-state index in [4.69, 9.17) is 10.7 Å². The second-order valence-corrected chi connectivity index (χ2v) is 5.87. The summed E-state index contributed by atoms with van der Waals surface area (Å²) in [6.07, 6.45) is -0.646. The van der Waals surface area contributed by atoms with Crippen molar-refractivity contribution in [3.8, 4) is 0 Å². The number of hydrogen-bond acceptors (Lipinski definition) is 3. The molecular formula is C9H11ClO3S. The van der Waals surface area contributed by atoms with E-state index < -0.39 is 20.9 Å². The Morgan fingerprint density at radius 2 is 1.86 bits per heavy atom. The normalized spacial score (nSPS) is 13.9. The molecule has 0 saturated heterocycles. The molecule has 0 radical (unpaired) electrons. The summed E-state index contributed by atoms with van der Waals surface area (Å²) >= 11 is 0. The van der Waals surface area contributed by atoms with Gasteiger partial charge in [0.15, 0.2) is 0 Å². The van der Waals surface area contributed by atoms with Crippen LogP contribution in [0.5, 0.6) is 0 Å². The molecule has 0 aliphatic heterocycles. The topological polar surface area (TPSA) is 54.4 Å². The lowest BCUT2D eigenvalue weighted by Gasteiger charge is -2.07. The first-order valence-corrected chi connectivity index (χ1v) is 6.59. The van der Waals surface area contributed by atoms with Crippen LogP contribution in [0.2, 0.25) is 0 Å². The third kappa shape index (κ3) is 4.60. The summed E-state index contributed by atoms with van der Waals surface area (Å²) in [5.74, 6) is -0.413. The van der Waals surface area contributed by atoms with Gasteiger partial charge in [-0.2, -0.15) is 0 Å². The molecule has 0 fully saturated rings. The molecule has 78 valence electrons. The predicted molar refractivity (Wildman–Crippen MR) is 55.8 cm³/mol.